The fraction of sp³-hybridized carbons (Fsp3) is 0.600. The molecule has 0 amide bonds. The number of rotatable bonds is 5. The molecule has 102 valence electrons. The van der Waals surface area contributed by atoms with Crippen LogP contribution in [0.4, 0.5) is 0 Å². The molecule has 0 saturated carbocycles. The monoisotopic (exact) mass is 269 g/mol. The summed E-state index contributed by atoms with van der Waals surface area (Å²) < 4.78 is 5.21. The molecular formula is C15H24ClNO. The van der Waals surface area contributed by atoms with E-state index < -0.39 is 0 Å². The van der Waals surface area contributed by atoms with E-state index in [1.54, 1.807) is 7.11 Å². The molecule has 0 saturated heterocycles. The molecule has 0 atom stereocenters. The van der Waals surface area contributed by atoms with Crippen molar-refractivity contribution in [2.24, 2.45) is 0 Å². The van der Waals surface area contributed by atoms with Crippen molar-refractivity contribution in [1.29, 1.82) is 0 Å². The maximum atomic E-state index is 6.15. The van der Waals surface area contributed by atoms with Crippen molar-refractivity contribution in [1.82, 2.24) is 5.32 Å². The number of ether oxygens (including phenoxy) is 1. The first-order chi connectivity index (χ1) is 8.33. The molecule has 1 aromatic rings. The normalized spacial score (nSPS) is 11.7. The second kappa shape index (κ2) is 6.44. The first-order valence-electron chi connectivity index (χ1n) is 6.41. The van der Waals surface area contributed by atoms with E-state index in [0.29, 0.717) is 5.02 Å². The maximum absolute atomic E-state index is 6.15. The highest BCUT2D eigenvalue weighted by molar-refractivity contribution is 6.32. The summed E-state index contributed by atoms with van der Waals surface area (Å²) in [5.41, 5.74) is 2.73. The van der Waals surface area contributed by atoms with Crippen LogP contribution in [0.1, 0.15) is 38.3 Å². The summed E-state index contributed by atoms with van der Waals surface area (Å²) in [4.78, 5) is 0. The van der Waals surface area contributed by atoms with E-state index in [0.717, 1.165) is 25.1 Å². The van der Waals surface area contributed by atoms with Crippen LogP contribution in [0.15, 0.2) is 12.1 Å². The minimum Gasteiger partial charge on any atom is -0.495 e. The second-order valence-corrected chi connectivity index (χ2v) is 6.10. The predicted octanol–water partition coefficient (Wildman–Crippen LogP) is 3.98. The molecule has 3 heteroatoms. The first-order valence-corrected chi connectivity index (χ1v) is 6.79. The zero-order valence-corrected chi connectivity index (χ0v) is 12.8. The van der Waals surface area contributed by atoms with Gasteiger partial charge < -0.3 is 10.1 Å². The SMILES string of the molecule is COc1cc(C)c(CCCNC(C)(C)C)cc1Cl. The number of hydrogen-bond acceptors (Lipinski definition) is 2. The quantitative estimate of drug-likeness (QED) is 0.817. The lowest BCUT2D eigenvalue weighted by Gasteiger charge is -2.20. The van der Waals surface area contributed by atoms with Gasteiger partial charge >= 0.3 is 0 Å². The van der Waals surface area contributed by atoms with Crippen molar-refractivity contribution >= 4 is 11.6 Å². The molecule has 0 aliphatic carbocycles. The summed E-state index contributed by atoms with van der Waals surface area (Å²) >= 11 is 6.15. The van der Waals surface area contributed by atoms with Crippen molar-refractivity contribution in [3.05, 3.63) is 28.3 Å². The molecule has 0 heterocycles. The molecule has 1 rings (SSSR count). The van der Waals surface area contributed by atoms with E-state index in [4.69, 9.17) is 16.3 Å². The number of benzene rings is 1. The Morgan fingerprint density at radius 3 is 2.50 bits per heavy atom. The van der Waals surface area contributed by atoms with E-state index in [2.05, 4.69) is 33.0 Å². The Labute approximate surface area is 116 Å². The third kappa shape index (κ3) is 4.87. The Kier molecular flexibility index (Phi) is 5.48. The van der Waals surface area contributed by atoms with Gasteiger partial charge in [-0.15, -0.1) is 0 Å². The summed E-state index contributed by atoms with van der Waals surface area (Å²) in [5, 5.41) is 4.19. The van der Waals surface area contributed by atoms with Crippen LogP contribution >= 0.6 is 11.6 Å². The smallest absolute Gasteiger partial charge is 0.137 e. The van der Waals surface area contributed by atoms with Crippen LogP contribution in [0.2, 0.25) is 5.02 Å². The Morgan fingerprint density at radius 2 is 1.94 bits per heavy atom. The average molecular weight is 270 g/mol. The lowest BCUT2D eigenvalue weighted by atomic mass is 10.0. The van der Waals surface area contributed by atoms with E-state index in [-0.39, 0.29) is 5.54 Å². The van der Waals surface area contributed by atoms with E-state index in [1.165, 1.54) is 11.1 Å². The van der Waals surface area contributed by atoms with Crippen LogP contribution in [0.5, 0.6) is 5.75 Å². The summed E-state index contributed by atoms with van der Waals surface area (Å²) in [6.45, 7) is 9.67. The molecule has 0 aliphatic rings. The van der Waals surface area contributed by atoms with Crippen molar-refractivity contribution < 1.29 is 4.74 Å². The van der Waals surface area contributed by atoms with Crippen LogP contribution in [0.25, 0.3) is 0 Å². The van der Waals surface area contributed by atoms with Gasteiger partial charge in [0.05, 0.1) is 12.1 Å². The molecule has 0 spiro atoms. The number of aryl methyl sites for hydroxylation is 2. The van der Waals surface area contributed by atoms with Crippen LogP contribution in [-0.4, -0.2) is 19.2 Å². The molecular weight excluding hydrogens is 246 g/mol. The molecule has 0 aliphatic heterocycles. The second-order valence-electron chi connectivity index (χ2n) is 5.69. The van der Waals surface area contributed by atoms with Crippen molar-refractivity contribution in [3.63, 3.8) is 0 Å². The molecule has 0 aromatic heterocycles. The molecule has 0 unspecified atom stereocenters. The minimum absolute atomic E-state index is 0.187. The molecule has 18 heavy (non-hydrogen) atoms. The number of methoxy groups -OCH3 is 1. The van der Waals surface area contributed by atoms with Gasteiger partial charge in [0.25, 0.3) is 0 Å². The lowest BCUT2D eigenvalue weighted by Crippen LogP contribution is -2.36. The van der Waals surface area contributed by atoms with E-state index in [1.807, 2.05) is 12.1 Å². The highest BCUT2D eigenvalue weighted by Gasteiger charge is 2.09. The van der Waals surface area contributed by atoms with Gasteiger partial charge in [0.15, 0.2) is 0 Å². The standard InChI is InChI=1S/C15H24ClNO/c1-11-9-14(18-5)13(16)10-12(11)7-6-8-17-15(2,3)4/h9-10,17H,6-8H2,1-5H3. The van der Waals surface area contributed by atoms with Crippen molar-refractivity contribution in [2.75, 3.05) is 13.7 Å². The van der Waals surface area contributed by atoms with Gasteiger partial charge in [0.2, 0.25) is 0 Å². The predicted molar refractivity (Wildman–Crippen MR) is 78.8 cm³/mol. The fourth-order valence-electron chi connectivity index (χ4n) is 1.86. The van der Waals surface area contributed by atoms with Crippen LogP contribution in [0.3, 0.4) is 0 Å². The molecule has 2 nitrogen and oxygen atoms in total. The highest BCUT2D eigenvalue weighted by atomic mass is 35.5. The molecule has 0 fully saturated rings. The van der Waals surface area contributed by atoms with Gasteiger partial charge in [-0.05, 0) is 70.3 Å². The van der Waals surface area contributed by atoms with Crippen molar-refractivity contribution in [3.8, 4) is 5.75 Å². The summed E-state index contributed by atoms with van der Waals surface area (Å²) in [6, 6.07) is 4.03. The number of nitrogens with one attached hydrogen (secondary N) is 1. The van der Waals surface area contributed by atoms with Gasteiger partial charge in [0.1, 0.15) is 5.75 Å². The Morgan fingerprint density at radius 1 is 1.28 bits per heavy atom. The minimum atomic E-state index is 0.187. The van der Waals surface area contributed by atoms with Gasteiger partial charge in [-0.1, -0.05) is 11.6 Å². The van der Waals surface area contributed by atoms with E-state index >= 15 is 0 Å². The lowest BCUT2D eigenvalue weighted by molar-refractivity contribution is 0.414. The van der Waals surface area contributed by atoms with E-state index in [9.17, 15) is 0 Å². The van der Waals surface area contributed by atoms with Gasteiger partial charge in [-0.3, -0.25) is 0 Å². The van der Waals surface area contributed by atoms with Crippen LogP contribution in [-0.2, 0) is 6.42 Å². The average Bonchev–Trinajstić information content (AvgIpc) is 2.27. The number of halogens is 1. The molecule has 1 aromatic carbocycles. The topological polar surface area (TPSA) is 21.3 Å². The first kappa shape index (κ1) is 15.3. The number of hydrogen-bond donors (Lipinski definition) is 1. The maximum Gasteiger partial charge on any atom is 0.137 e. The van der Waals surface area contributed by atoms with Gasteiger partial charge in [-0.2, -0.15) is 0 Å². The van der Waals surface area contributed by atoms with Crippen LogP contribution < -0.4 is 10.1 Å². The third-order valence-electron chi connectivity index (χ3n) is 2.89. The summed E-state index contributed by atoms with van der Waals surface area (Å²) in [5.74, 6) is 0.755. The Hall–Kier alpha value is -0.730. The third-order valence-corrected chi connectivity index (χ3v) is 3.18. The largest absolute Gasteiger partial charge is 0.495 e. The zero-order chi connectivity index (χ0) is 13.8. The molecule has 0 radical (unpaired) electrons. The van der Waals surface area contributed by atoms with Gasteiger partial charge in [0, 0.05) is 5.54 Å². The molecule has 1 N–H and O–H groups in total. The fourth-order valence-corrected chi connectivity index (χ4v) is 2.13. The van der Waals surface area contributed by atoms with Crippen molar-refractivity contribution in [2.45, 2.75) is 46.1 Å². The van der Waals surface area contributed by atoms with Gasteiger partial charge in [-0.25, -0.2) is 0 Å². The summed E-state index contributed by atoms with van der Waals surface area (Å²) in [6.07, 6.45) is 2.15. The van der Waals surface area contributed by atoms with Crippen LogP contribution in [0, 0.1) is 6.92 Å². The zero-order valence-electron chi connectivity index (χ0n) is 12.1. The molecule has 0 bridgehead atoms. The Balaban J connectivity index is 2.55. The highest BCUT2D eigenvalue weighted by Crippen LogP contribution is 2.28. The summed E-state index contributed by atoms with van der Waals surface area (Å²) in [7, 11) is 1.65. The Bertz CT molecular complexity index is 396.